The quantitative estimate of drug-likeness (QED) is 0.590. The van der Waals surface area contributed by atoms with Gasteiger partial charge in [0.05, 0.1) is 6.10 Å². The van der Waals surface area contributed by atoms with Crippen molar-refractivity contribution in [3.8, 4) is 0 Å². The number of hydrogen-bond donors (Lipinski definition) is 2. The number of hydrogen-bond acceptors (Lipinski definition) is 3. The fourth-order valence-electron chi connectivity index (χ4n) is 0.984. The molecule has 3 heteroatoms. The van der Waals surface area contributed by atoms with Gasteiger partial charge < -0.3 is 15.3 Å². The molecule has 11 heavy (non-hydrogen) atoms. The van der Waals surface area contributed by atoms with E-state index in [0.29, 0.717) is 12.6 Å². The van der Waals surface area contributed by atoms with Crippen LogP contribution >= 0.6 is 0 Å². The first-order chi connectivity index (χ1) is 5.02. The van der Waals surface area contributed by atoms with Gasteiger partial charge in [0, 0.05) is 19.1 Å². The number of likely N-dealkylation sites (N-methyl/N-ethyl adjacent to an activating group) is 1. The molecular formula is C8H20N2O. The normalized spacial score (nSPS) is 16.9. The Hall–Kier alpha value is -0.120. The van der Waals surface area contributed by atoms with Gasteiger partial charge in [0.25, 0.3) is 0 Å². The van der Waals surface area contributed by atoms with Crippen molar-refractivity contribution in [3.63, 3.8) is 0 Å². The van der Waals surface area contributed by atoms with Crippen LogP contribution in [0.4, 0.5) is 0 Å². The molecule has 0 saturated heterocycles. The molecule has 0 aromatic carbocycles. The minimum atomic E-state index is -0.250. The van der Waals surface area contributed by atoms with Gasteiger partial charge in [-0.05, 0) is 27.9 Å². The van der Waals surface area contributed by atoms with Gasteiger partial charge in [-0.2, -0.15) is 0 Å². The maximum Gasteiger partial charge on any atom is 0.0636 e. The van der Waals surface area contributed by atoms with Crippen LogP contribution in [0.2, 0.25) is 0 Å². The second kappa shape index (κ2) is 5.52. The Morgan fingerprint density at radius 3 is 2.27 bits per heavy atom. The van der Waals surface area contributed by atoms with E-state index in [1.165, 1.54) is 0 Å². The van der Waals surface area contributed by atoms with Gasteiger partial charge in [-0.1, -0.05) is 0 Å². The topological polar surface area (TPSA) is 35.5 Å². The Morgan fingerprint density at radius 1 is 1.36 bits per heavy atom. The van der Waals surface area contributed by atoms with Crippen LogP contribution < -0.4 is 5.32 Å². The standard InChI is InChI=1S/C8H20N2O/c1-7(6-10(3)4)9-5-8(2)11/h7-9,11H,5-6H2,1-4H3/t7?,8-/m1/s1. The predicted molar refractivity (Wildman–Crippen MR) is 47.7 cm³/mol. The molecular weight excluding hydrogens is 140 g/mol. The highest BCUT2D eigenvalue weighted by atomic mass is 16.3. The molecule has 2 N–H and O–H groups in total. The lowest BCUT2D eigenvalue weighted by molar-refractivity contribution is 0.183. The van der Waals surface area contributed by atoms with Gasteiger partial charge in [0.15, 0.2) is 0 Å². The zero-order valence-electron chi connectivity index (χ0n) is 7.96. The zero-order valence-corrected chi connectivity index (χ0v) is 7.96. The molecule has 0 bridgehead atoms. The van der Waals surface area contributed by atoms with Crippen LogP contribution in [0, 0.1) is 0 Å². The summed E-state index contributed by atoms with van der Waals surface area (Å²) in [4.78, 5) is 2.12. The van der Waals surface area contributed by atoms with Gasteiger partial charge in [-0.25, -0.2) is 0 Å². The van der Waals surface area contributed by atoms with Gasteiger partial charge in [0.1, 0.15) is 0 Å². The first-order valence-electron chi connectivity index (χ1n) is 4.08. The maximum absolute atomic E-state index is 8.96. The van der Waals surface area contributed by atoms with E-state index in [2.05, 4.69) is 17.1 Å². The van der Waals surface area contributed by atoms with Crippen LogP contribution in [-0.4, -0.2) is 49.3 Å². The molecule has 0 aromatic rings. The molecule has 0 fully saturated rings. The summed E-state index contributed by atoms with van der Waals surface area (Å²) in [5.41, 5.74) is 0. The van der Waals surface area contributed by atoms with Gasteiger partial charge in [0.2, 0.25) is 0 Å². The predicted octanol–water partition coefficient (Wildman–Crippen LogP) is -0.0931. The SMILES string of the molecule is CC(CN(C)C)NC[C@@H](C)O. The van der Waals surface area contributed by atoms with Crippen molar-refractivity contribution >= 4 is 0 Å². The van der Waals surface area contributed by atoms with Crippen LogP contribution in [0.5, 0.6) is 0 Å². The van der Waals surface area contributed by atoms with E-state index in [9.17, 15) is 0 Å². The molecule has 0 aliphatic rings. The molecule has 68 valence electrons. The minimum absolute atomic E-state index is 0.250. The maximum atomic E-state index is 8.96. The Morgan fingerprint density at radius 2 is 1.91 bits per heavy atom. The van der Waals surface area contributed by atoms with Crippen molar-refractivity contribution in [1.82, 2.24) is 10.2 Å². The Labute approximate surface area is 69.4 Å². The van der Waals surface area contributed by atoms with E-state index in [4.69, 9.17) is 5.11 Å². The van der Waals surface area contributed by atoms with E-state index in [0.717, 1.165) is 6.54 Å². The van der Waals surface area contributed by atoms with Crippen LogP contribution in [-0.2, 0) is 0 Å². The Kier molecular flexibility index (Phi) is 5.46. The highest BCUT2D eigenvalue weighted by Crippen LogP contribution is 1.85. The average molecular weight is 160 g/mol. The first kappa shape index (κ1) is 10.9. The summed E-state index contributed by atoms with van der Waals surface area (Å²) in [6.07, 6.45) is -0.250. The highest BCUT2D eigenvalue weighted by molar-refractivity contribution is 4.64. The lowest BCUT2D eigenvalue weighted by Crippen LogP contribution is -2.39. The summed E-state index contributed by atoms with van der Waals surface area (Å²) in [6.45, 7) is 5.58. The molecule has 0 rings (SSSR count). The molecule has 3 nitrogen and oxygen atoms in total. The van der Waals surface area contributed by atoms with E-state index in [1.54, 1.807) is 6.92 Å². The smallest absolute Gasteiger partial charge is 0.0636 e. The number of aliphatic hydroxyl groups is 1. The van der Waals surface area contributed by atoms with Crippen molar-refractivity contribution in [2.45, 2.75) is 26.0 Å². The van der Waals surface area contributed by atoms with Crippen LogP contribution in [0.3, 0.4) is 0 Å². The van der Waals surface area contributed by atoms with E-state index in [-0.39, 0.29) is 6.10 Å². The molecule has 0 saturated carbocycles. The lowest BCUT2D eigenvalue weighted by Gasteiger charge is -2.18. The van der Waals surface area contributed by atoms with Crippen LogP contribution in [0.15, 0.2) is 0 Å². The molecule has 0 aliphatic carbocycles. The van der Waals surface area contributed by atoms with Crippen molar-refractivity contribution in [2.24, 2.45) is 0 Å². The summed E-state index contributed by atoms with van der Waals surface area (Å²) in [6, 6.07) is 0.444. The molecule has 0 heterocycles. The molecule has 0 aliphatic heterocycles. The second-order valence-corrected chi connectivity index (χ2v) is 3.42. The summed E-state index contributed by atoms with van der Waals surface area (Å²) >= 11 is 0. The molecule has 0 radical (unpaired) electrons. The van der Waals surface area contributed by atoms with Crippen molar-refractivity contribution in [1.29, 1.82) is 0 Å². The third-order valence-corrected chi connectivity index (χ3v) is 1.40. The summed E-state index contributed by atoms with van der Waals surface area (Å²) in [5.74, 6) is 0. The molecule has 0 spiro atoms. The Bertz CT molecular complexity index is 94.1. The third-order valence-electron chi connectivity index (χ3n) is 1.40. The summed E-state index contributed by atoms with van der Waals surface area (Å²) in [7, 11) is 4.08. The fraction of sp³-hybridized carbons (Fsp3) is 1.00. The third kappa shape index (κ3) is 7.78. The number of nitrogens with one attached hydrogen (secondary N) is 1. The number of rotatable bonds is 5. The number of nitrogens with zero attached hydrogens (tertiary/aromatic N) is 1. The van der Waals surface area contributed by atoms with Crippen molar-refractivity contribution in [2.75, 3.05) is 27.2 Å². The molecule has 2 atom stereocenters. The van der Waals surface area contributed by atoms with E-state index >= 15 is 0 Å². The average Bonchev–Trinajstić information content (AvgIpc) is 1.82. The second-order valence-electron chi connectivity index (χ2n) is 3.42. The largest absolute Gasteiger partial charge is 0.392 e. The molecule has 0 amide bonds. The monoisotopic (exact) mass is 160 g/mol. The van der Waals surface area contributed by atoms with Crippen LogP contribution in [0.25, 0.3) is 0 Å². The van der Waals surface area contributed by atoms with Gasteiger partial charge in [-0.3, -0.25) is 0 Å². The zero-order chi connectivity index (χ0) is 8.85. The lowest BCUT2D eigenvalue weighted by atomic mass is 10.3. The van der Waals surface area contributed by atoms with Gasteiger partial charge >= 0.3 is 0 Å². The molecule has 1 unspecified atom stereocenters. The highest BCUT2D eigenvalue weighted by Gasteiger charge is 2.03. The summed E-state index contributed by atoms with van der Waals surface area (Å²) in [5, 5.41) is 12.2. The van der Waals surface area contributed by atoms with Crippen molar-refractivity contribution in [3.05, 3.63) is 0 Å². The first-order valence-corrected chi connectivity index (χ1v) is 4.08. The Balaban J connectivity index is 3.29. The van der Waals surface area contributed by atoms with Gasteiger partial charge in [-0.15, -0.1) is 0 Å². The number of aliphatic hydroxyl groups excluding tert-OH is 1. The van der Waals surface area contributed by atoms with E-state index < -0.39 is 0 Å². The fourth-order valence-corrected chi connectivity index (χ4v) is 0.984. The van der Waals surface area contributed by atoms with Crippen molar-refractivity contribution < 1.29 is 5.11 Å². The molecule has 0 aromatic heterocycles. The van der Waals surface area contributed by atoms with Crippen LogP contribution in [0.1, 0.15) is 13.8 Å². The minimum Gasteiger partial charge on any atom is -0.392 e. The van der Waals surface area contributed by atoms with E-state index in [1.807, 2.05) is 14.1 Å². The summed E-state index contributed by atoms with van der Waals surface area (Å²) < 4.78 is 0.